The number of likely N-dealkylation sites (tertiary alicyclic amines) is 1. The lowest BCUT2D eigenvalue weighted by atomic mass is 9.94. The van der Waals surface area contributed by atoms with Crippen molar-refractivity contribution < 1.29 is 22.8 Å². The Morgan fingerprint density at radius 3 is 2.52 bits per heavy atom. The van der Waals surface area contributed by atoms with Gasteiger partial charge in [0.25, 0.3) is 0 Å². The molecule has 0 unspecified atom stereocenters. The van der Waals surface area contributed by atoms with Crippen LogP contribution in [-0.4, -0.2) is 91.3 Å². The number of halogens is 1. The number of carbonyl (C=O) groups excluding carboxylic acids is 3. The fraction of sp³-hybridized carbons (Fsp3) is 0.382. The Morgan fingerprint density at radius 2 is 1.85 bits per heavy atom. The maximum absolute atomic E-state index is 14.3. The van der Waals surface area contributed by atoms with E-state index in [9.17, 15) is 22.8 Å². The number of Topliss-reactive ketones (excluding diaryl/α,β-unsaturated/α-hetero) is 2. The molecule has 250 valence electrons. The number of fused-ring (bicyclic) bond motifs is 2. The zero-order valence-electron chi connectivity index (χ0n) is 27.2. The van der Waals surface area contributed by atoms with Gasteiger partial charge in [0.2, 0.25) is 15.9 Å². The van der Waals surface area contributed by atoms with Gasteiger partial charge in [-0.05, 0) is 71.9 Å². The summed E-state index contributed by atoms with van der Waals surface area (Å²) in [6, 6.07) is 8.01. The Balaban J connectivity index is 1.33. The van der Waals surface area contributed by atoms with E-state index in [2.05, 4.69) is 42.6 Å². The second-order valence-corrected chi connectivity index (χ2v) is 15.8. The quantitative estimate of drug-likeness (QED) is 0.154. The van der Waals surface area contributed by atoms with Crippen molar-refractivity contribution in [2.24, 2.45) is 5.41 Å². The van der Waals surface area contributed by atoms with Crippen molar-refractivity contribution in [1.29, 1.82) is 0 Å². The number of aromatic nitrogens is 5. The van der Waals surface area contributed by atoms with Gasteiger partial charge in [-0.1, -0.05) is 24.8 Å². The summed E-state index contributed by atoms with van der Waals surface area (Å²) in [5.74, 6) is -0.178. The summed E-state index contributed by atoms with van der Waals surface area (Å²) in [6.45, 7) is 8.66. The van der Waals surface area contributed by atoms with Crippen molar-refractivity contribution in [1.82, 2.24) is 33.9 Å². The average Bonchev–Trinajstić information content (AvgIpc) is 3.45. The number of benzene rings is 1. The van der Waals surface area contributed by atoms with Gasteiger partial charge in [0.05, 0.1) is 29.4 Å². The molecular formula is C34H36BrN7O5S. The van der Waals surface area contributed by atoms with Crippen LogP contribution >= 0.6 is 15.9 Å². The molecule has 3 aromatic heterocycles. The lowest BCUT2D eigenvalue weighted by Crippen LogP contribution is -2.45. The van der Waals surface area contributed by atoms with E-state index < -0.39 is 21.5 Å². The van der Waals surface area contributed by atoms with Crippen LogP contribution in [0.2, 0.25) is 0 Å². The maximum Gasteiger partial charge on any atom is 0.245 e. The molecule has 1 aromatic carbocycles. The van der Waals surface area contributed by atoms with Crippen molar-refractivity contribution in [3.05, 3.63) is 76.7 Å². The zero-order valence-corrected chi connectivity index (χ0v) is 29.6. The van der Waals surface area contributed by atoms with Crippen LogP contribution in [-0.2, 0) is 32.6 Å². The highest BCUT2D eigenvalue weighted by atomic mass is 79.9. The molecule has 0 radical (unpaired) electrons. The van der Waals surface area contributed by atoms with E-state index in [1.54, 1.807) is 50.3 Å². The van der Waals surface area contributed by atoms with Crippen LogP contribution in [0.5, 0.6) is 0 Å². The second kappa shape index (κ2) is 12.7. The van der Waals surface area contributed by atoms with Crippen molar-refractivity contribution in [3.8, 4) is 11.1 Å². The Morgan fingerprint density at radius 1 is 1.12 bits per heavy atom. The van der Waals surface area contributed by atoms with Gasteiger partial charge in [0.15, 0.2) is 11.6 Å². The molecule has 1 aliphatic heterocycles. The third-order valence-electron chi connectivity index (χ3n) is 9.48. The molecule has 4 aromatic rings. The maximum atomic E-state index is 14.3. The Kier molecular flexibility index (Phi) is 8.94. The fourth-order valence-electron chi connectivity index (χ4n) is 6.84. The smallest absolute Gasteiger partial charge is 0.245 e. The predicted molar refractivity (Wildman–Crippen MR) is 184 cm³/mol. The topological polar surface area (TPSA) is 148 Å². The lowest BCUT2D eigenvalue weighted by Gasteiger charge is -2.27. The molecule has 1 aliphatic carbocycles. The number of amides is 1. The monoisotopic (exact) mass is 733 g/mol. The first-order valence-corrected chi connectivity index (χ1v) is 18.0. The number of sulfonamides is 1. The number of hydrogen-bond donors (Lipinski definition) is 0. The SMILES string of the molecule is C=Cc1ccc(Br)nc1CC(=O)[C@@H]1C[C@@]2(CN(C)S(=O)(=O)CC)C[C@H]2N1C(=O)Cn1nc(C(C)=O)c2cc(-c3cnc(C)nc3)ccc21. The number of nitrogens with zero attached hydrogens (tertiary/aromatic N) is 7. The van der Waals surface area contributed by atoms with Gasteiger partial charge >= 0.3 is 0 Å². The van der Waals surface area contributed by atoms with Crippen LogP contribution in [0.4, 0.5) is 0 Å². The molecule has 0 bridgehead atoms. The Labute approximate surface area is 287 Å². The molecule has 3 atom stereocenters. The summed E-state index contributed by atoms with van der Waals surface area (Å²) in [5.41, 5.74) is 3.11. The first-order chi connectivity index (χ1) is 22.8. The van der Waals surface area contributed by atoms with E-state index in [-0.39, 0.29) is 54.5 Å². The Hall–Kier alpha value is -4.14. The molecular weight excluding hydrogens is 698 g/mol. The van der Waals surface area contributed by atoms with Gasteiger partial charge in [-0.2, -0.15) is 5.10 Å². The number of rotatable bonds is 12. The molecule has 48 heavy (non-hydrogen) atoms. The van der Waals surface area contributed by atoms with Crippen LogP contribution in [0.1, 0.15) is 54.3 Å². The molecule has 2 aliphatic rings. The van der Waals surface area contributed by atoms with E-state index in [0.717, 1.165) is 11.1 Å². The lowest BCUT2D eigenvalue weighted by molar-refractivity contribution is -0.139. The predicted octanol–water partition coefficient (Wildman–Crippen LogP) is 4.26. The summed E-state index contributed by atoms with van der Waals surface area (Å²) in [7, 11) is -1.93. The highest BCUT2D eigenvalue weighted by Gasteiger charge is 2.67. The van der Waals surface area contributed by atoms with Gasteiger partial charge in [-0.3, -0.25) is 19.1 Å². The normalized spacial score (nSPS) is 20.2. The summed E-state index contributed by atoms with van der Waals surface area (Å²) < 4.78 is 28.8. The van der Waals surface area contributed by atoms with Crippen LogP contribution in [0.15, 0.2) is 53.9 Å². The third kappa shape index (κ3) is 6.24. The molecule has 2 fully saturated rings. The molecule has 1 saturated carbocycles. The first-order valence-electron chi connectivity index (χ1n) is 15.6. The van der Waals surface area contributed by atoms with E-state index in [0.29, 0.717) is 45.4 Å². The largest absolute Gasteiger partial charge is 0.327 e. The van der Waals surface area contributed by atoms with Crippen LogP contribution in [0, 0.1) is 12.3 Å². The summed E-state index contributed by atoms with van der Waals surface area (Å²) in [5, 5.41) is 5.15. The number of hydrogen-bond acceptors (Lipinski definition) is 9. The van der Waals surface area contributed by atoms with Crippen LogP contribution < -0.4 is 0 Å². The van der Waals surface area contributed by atoms with Crippen molar-refractivity contribution in [3.63, 3.8) is 0 Å². The highest BCUT2D eigenvalue weighted by molar-refractivity contribution is 9.10. The van der Waals surface area contributed by atoms with E-state index in [4.69, 9.17) is 0 Å². The molecule has 0 N–H and O–H groups in total. The van der Waals surface area contributed by atoms with Crippen LogP contribution in [0.25, 0.3) is 28.1 Å². The van der Waals surface area contributed by atoms with Gasteiger partial charge in [0, 0.05) is 55.3 Å². The van der Waals surface area contributed by atoms with Gasteiger partial charge in [-0.25, -0.2) is 27.7 Å². The van der Waals surface area contributed by atoms with Crippen molar-refractivity contribution in [2.75, 3.05) is 19.3 Å². The third-order valence-corrected chi connectivity index (χ3v) is 11.7. The number of carbonyl (C=O) groups is 3. The molecule has 0 spiro atoms. The molecule has 4 heterocycles. The molecule has 1 amide bonds. The van der Waals surface area contributed by atoms with Crippen LogP contribution in [0.3, 0.4) is 0 Å². The highest BCUT2D eigenvalue weighted by Crippen LogP contribution is 2.60. The number of aryl methyl sites for hydroxylation is 1. The first kappa shape index (κ1) is 33.7. The van der Waals surface area contributed by atoms with Gasteiger partial charge in [0.1, 0.15) is 22.7 Å². The average molecular weight is 735 g/mol. The summed E-state index contributed by atoms with van der Waals surface area (Å²) in [6.07, 6.45) is 5.95. The van der Waals surface area contributed by atoms with E-state index in [1.165, 1.54) is 15.9 Å². The van der Waals surface area contributed by atoms with E-state index in [1.807, 2.05) is 24.3 Å². The number of pyridine rings is 1. The van der Waals surface area contributed by atoms with Crippen molar-refractivity contribution >= 4 is 60.4 Å². The van der Waals surface area contributed by atoms with E-state index >= 15 is 0 Å². The minimum atomic E-state index is -3.47. The minimum Gasteiger partial charge on any atom is -0.327 e. The van der Waals surface area contributed by atoms with Crippen molar-refractivity contribution in [2.45, 2.75) is 58.7 Å². The second-order valence-electron chi connectivity index (χ2n) is 12.6. The Bertz CT molecular complexity index is 2080. The zero-order chi connectivity index (χ0) is 34.5. The molecule has 12 nitrogen and oxygen atoms in total. The van der Waals surface area contributed by atoms with Gasteiger partial charge in [-0.15, -0.1) is 0 Å². The number of ketones is 2. The summed E-state index contributed by atoms with van der Waals surface area (Å²) >= 11 is 3.38. The number of piperidine rings is 1. The fourth-order valence-corrected chi connectivity index (χ4v) is 8.08. The molecule has 6 rings (SSSR count). The molecule has 14 heteroatoms. The standard InChI is InChI=1S/C34H36BrN7O5S/c1-6-22-9-11-31(35)38-26(22)13-29(44)28-14-34(19-40(5)48(46,47)7-2)15-30(34)42(28)32(45)18-41-27-10-8-23(24-16-36-21(4)37-17-24)12-25(27)33(39-41)20(3)43/h6,8-12,16-17,28,30H,1,7,13-15,18-19H2,2-5H3/t28-,30+,34-/m0/s1. The molecule has 1 saturated heterocycles. The minimum absolute atomic E-state index is 0.0220. The van der Waals surface area contributed by atoms with Gasteiger partial charge < -0.3 is 4.90 Å². The summed E-state index contributed by atoms with van der Waals surface area (Å²) in [4.78, 5) is 55.6.